The second-order valence-corrected chi connectivity index (χ2v) is 8.55. The molecule has 1 saturated carbocycles. The number of para-hydroxylation sites is 1. The van der Waals surface area contributed by atoms with E-state index in [0.29, 0.717) is 35.1 Å². The monoisotopic (exact) mass is 455 g/mol. The number of nitrogens with zero attached hydrogens (tertiary/aromatic N) is 4. The Bertz CT molecular complexity index is 1090. The highest BCUT2D eigenvalue weighted by atomic mass is 35.5. The molecule has 2 aliphatic rings. The van der Waals surface area contributed by atoms with Crippen LogP contribution in [0.5, 0.6) is 0 Å². The molecule has 8 heteroatoms. The molecule has 0 atom stereocenters. The molecule has 1 N–H and O–H groups in total. The average molecular weight is 456 g/mol. The lowest BCUT2D eigenvalue weighted by molar-refractivity contribution is 0.0665. The molecule has 2 aromatic carbocycles. The summed E-state index contributed by atoms with van der Waals surface area (Å²) in [5, 5.41) is 9.69. The van der Waals surface area contributed by atoms with Crippen molar-refractivity contribution in [3.05, 3.63) is 64.6 Å². The largest absolute Gasteiger partial charge is 0.378 e. The topological polar surface area (TPSA) is 54.7 Å². The quantitative estimate of drug-likeness (QED) is 0.448. The molecule has 1 aromatic heterocycles. The van der Waals surface area contributed by atoms with E-state index in [1.807, 2.05) is 59.3 Å². The van der Waals surface area contributed by atoms with Gasteiger partial charge < -0.3 is 15.0 Å². The molecule has 0 amide bonds. The number of aliphatic imine (C=N–C) groups is 1. The number of hydrogen-bond donors (Lipinski definition) is 1. The van der Waals surface area contributed by atoms with Crippen molar-refractivity contribution in [1.29, 1.82) is 0 Å². The molecule has 2 fully saturated rings. The molecule has 31 heavy (non-hydrogen) atoms. The van der Waals surface area contributed by atoms with E-state index >= 15 is 0 Å². The van der Waals surface area contributed by atoms with E-state index in [2.05, 4.69) is 10.2 Å². The van der Waals surface area contributed by atoms with E-state index < -0.39 is 0 Å². The number of benzene rings is 2. The maximum atomic E-state index is 6.51. The van der Waals surface area contributed by atoms with E-state index in [1.165, 1.54) is 12.8 Å². The van der Waals surface area contributed by atoms with Crippen molar-refractivity contribution in [3.8, 4) is 16.9 Å². The molecule has 3 aromatic rings. The maximum absolute atomic E-state index is 6.51. The molecular formula is C23H23Cl2N5O. The predicted molar refractivity (Wildman–Crippen MR) is 125 cm³/mol. The van der Waals surface area contributed by atoms with Crippen LogP contribution in [-0.4, -0.2) is 53.0 Å². The van der Waals surface area contributed by atoms with Crippen molar-refractivity contribution in [1.82, 2.24) is 20.0 Å². The van der Waals surface area contributed by atoms with Crippen LogP contribution in [0.4, 0.5) is 5.82 Å². The van der Waals surface area contributed by atoms with Crippen LogP contribution in [0.3, 0.4) is 0 Å². The first-order valence-electron chi connectivity index (χ1n) is 10.5. The fourth-order valence-corrected chi connectivity index (χ4v) is 3.89. The minimum atomic E-state index is 0.489. The zero-order valence-electron chi connectivity index (χ0n) is 17.0. The Morgan fingerprint density at radius 2 is 1.77 bits per heavy atom. The highest BCUT2D eigenvalue weighted by Gasteiger charge is 2.26. The van der Waals surface area contributed by atoms with E-state index in [1.54, 1.807) is 0 Å². The van der Waals surface area contributed by atoms with Crippen LogP contribution in [0.2, 0.25) is 10.0 Å². The summed E-state index contributed by atoms with van der Waals surface area (Å²) in [5.74, 6) is 1.48. The van der Waals surface area contributed by atoms with Gasteiger partial charge >= 0.3 is 0 Å². The Morgan fingerprint density at radius 3 is 2.48 bits per heavy atom. The van der Waals surface area contributed by atoms with E-state index in [4.69, 9.17) is 38.0 Å². The van der Waals surface area contributed by atoms with Crippen molar-refractivity contribution >= 4 is 35.0 Å². The van der Waals surface area contributed by atoms with Crippen LogP contribution in [0.15, 0.2) is 59.6 Å². The number of halogens is 2. The minimum absolute atomic E-state index is 0.489. The van der Waals surface area contributed by atoms with E-state index in [9.17, 15) is 0 Å². The number of morpholine rings is 1. The van der Waals surface area contributed by atoms with Gasteiger partial charge in [0.1, 0.15) is 0 Å². The van der Waals surface area contributed by atoms with Gasteiger partial charge in [0.25, 0.3) is 0 Å². The molecule has 6 nitrogen and oxygen atoms in total. The van der Waals surface area contributed by atoms with Gasteiger partial charge in [0.2, 0.25) is 5.96 Å². The smallest absolute Gasteiger partial charge is 0.201 e. The standard InChI is InChI=1S/C23H23Cl2N5O/c24-17-7-5-16(6-8-17)21-15-22(28-30(21)20-4-2-1-3-19(20)25)27-23(26-18-9-10-18)29-11-13-31-14-12-29/h1-8,15,18H,9-14H2,(H,26,27,28). The first kappa shape index (κ1) is 20.4. The van der Waals surface area contributed by atoms with Crippen LogP contribution < -0.4 is 5.32 Å². The number of ether oxygens (including phenoxy) is 1. The fourth-order valence-electron chi connectivity index (χ4n) is 3.54. The Kier molecular flexibility index (Phi) is 5.85. The highest BCUT2D eigenvalue weighted by Crippen LogP contribution is 2.31. The van der Waals surface area contributed by atoms with Gasteiger partial charge in [-0.2, -0.15) is 4.99 Å². The summed E-state index contributed by atoms with van der Waals surface area (Å²) in [5.41, 5.74) is 2.69. The second-order valence-electron chi connectivity index (χ2n) is 7.71. The third kappa shape index (κ3) is 4.71. The van der Waals surface area contributed by atoms with E-state index in [0.717, 1.165) is 36.0 Å². The Hall–Kier alpha value is -2.54. The van der Waals surface area contributed by atoms with Gasteiger partial charge in [0.05, 0.1) is 29.6 Å². The summed E-state index contributed by atoms with van der Waals surface area (Å²) in [7, 11) is 0. The normalized spacial score (nSPS) is 17.1. The minimum Gasteiger partial charge on any atom is -0.378 e. The first-order valence-corrected chi connectivity index (χ1v) is 11.2. The van der Waals surface area contributed by atoms with Crippen LogP contribution >= 0.6 is 23.2 Å². The molecule has 0 bridgehead atoms. The van der Waals surface area contributed by atoms with Crippen molar-refractivity contribution in [2.75, 3.05) is 26.3 Å². The van der Waals surface area contributed by atoms with Crippen molar-refractivity contribution < 1.29 is 4.74 Å². The SMILES string of the molecule is Clc1ccc(-c2cc(N=C(NC3CC3)N3CCOCC3)nn2-c2ccccc2Cl)cc1. The molecule has 160 valence electrons. The van der Waals surface area contributed by atoms with Gasteiger partial charge in [-0.3, -0.25) is 0 Å². The molecular weight excluding hydrogens is 433 g/mol. The number of rotatable bonds is 4. The van der Waals surface area contributed by atoms with Gasteiger partial charge in [0, 0.05) is 35.8 Å². The summed E-state index contributed by atoms with van der Waals surface area (Å²) in [6.07, 6.45) is 2.35. The van der Waals surface area contributed by atoms with Crippen LogP contribution in [0.1, 0.15) is 12.8 Å². The lowest BCUT2D eigenvalue weighted by Crippen LogP contribution is -2.47. The second kappa shape index (κ2) is 8.91. The molecule has 0 spiro atoms. The van der Waals surface area contributed by atoms with Gasteiger partial charge in [0.15, 0.2) is 5.82 Å². The zero-order chi connectivity index (χ0) is 21.2. The lowest BCUT2D eigenvalue weighted by atomic mass is 10.1. The van der Waals surface area contributed by atoms with Crippen LogP contribution in [0, 0.1) is 0 Å². The van der Waals surface area contributed by atoms with E-state index in [-0.39, 0.29) is 0 Å². The van der Waals surface area contributed by atoms with Gasteiger partial charge in [-0.05, 0) is 37.1 Å². The third-order valence-corrected chi connectivity index (χ3v) is 5.93. The summed E-state index contributed by atoms with van der Waals surface area (Å²) < 4.78 is 7.36. The molecule has 0 radical (unpaired) electrons. The summed E-state index contributed by atoms with van der Waals surface area (Å²) in [4.78, 5) is 7.15. The van der Waals surface area contributed by atoms with Gasteiger partial charge in [-0.15, -0.1) is 5.10 Å². The highest BCUT2D eigenvalue weighted by molar-refractivity contribution is 6.32. The summed E-state index contributed by atoms with van der Waals surface area (Å²) >= 11 is 12.6. The van der Waals surface area contributed by atoms with Crippen LogP contribution in [0.25, 0.3) is 16.9 Å². The average Bonchev–Trinajstić information content (AvgIpc) is 3.52. The van der Waals surface area contributed by atoms with Crippen molar-refractivity contribution in [2.24, 2.45) is 4.99 Å². The van der Waals surface area contributed by atoms with Crippen molar-refractivity contribution in [2.45, 2.75) is 18.9 Å². The Balaban J connectivity index is 1.58. The molecule has 1 saturated heterocycles. The zero-order valence-corrected chi connectivity index (χ0v) is 18.5. The molecule has 1 aliphatic heterocycles. The van der Waals surface area contributed by atoms with Gasteiger partial charge in [-0.1, -0.05) is 47.5 Å². The number of hydrogen-bond acceptors (Lipinski definition) is 3. The van der Waals surface area contributed by atoms with Crippen molar-refractivity contribution in [3.63, 3.8) is 0 Å². The summed E-state index contributed by atoms with van der Waals surface area (Å²) in [6.45, 7) is 3.03. The molecule has 2 heterocycles. The number of nitrogens with one attached hydrogen (secondary N) is 1. The third-order valence-electron chi connectivity index (χ3n) is 5.36. The lowest BCUT2D eigenvalue weighted by Gasteiger charge is -2.30. The van der Waals surface area contributed by atoms with Crippen LogP contribution in [-0.2, 0) is 4.74 Å². The van der Waals surface area contributed by atoms with Gasteiger partial charge in [-0.25, -0.2) is 4.68 Å². The predicted octanol–water partition coefficient (Wildman–Crippen LogP) is 4.92. The Morgan fingerprint density at radius 1 is 1.03 bits per heavy atom. The Labute approximate surface area is 191 Å². The number of guanidine groups is 1. The number of aromatic nitrogens is 2. The fraction of sp³-hybridized carbons (Fsp3) is 0.304. The molecule has 5 rings (SSSR count). The first-order chi connectivity index (χ1) is 15.2. The summed E-state index contributed by atoms with van der Waals surface area (Å²) in [6, 6.07) is 17.9. The molecule has 1 aliphatic carbocycles. The maximum Gasteiger partial charge on any atom is 0.201 e. The molecule has 0 unspecified atom stereocenters.